The molecule has 0 spiro atoms. The third-order valence-electron chi connectivity index (χ3n) is 5.26. The van der Waals surface area contributed by atoms with Crippen molar-refractivity contribution < 1.29 is 9.53 Å². The average Bonchev–Trinajstić information content (AvgIpc) is 2.90. The Morgan fingerprint density at radius 1 is 1.18 bits per heavy atom. The first-order valence-corrected chi connectivity index (χ1v) is 8.24. The zero-order chi connectivity index (χ0) is 15.9. The molecule has 4 nitrogen and oxygen atoms in total. The number of carbonyl (C=O) groups is 1. The topological polar surface area (TPSA) is 55.6 Å². The highest BCUT2D eigenvalue weighted by Gasteiger charge is 2.34. The van der Waals surface area contributed by atoms with Gasteiger partial charge in [-0.3, -0.25) is 4.79 Å². The lowest BCUT2D eigenvalue weighted by Gasteiger charge is -2.34. The smallest absolute Gasteiger partial charge is 0.263 e. The van der Waals surface area contributed by atoms with Gasteiger partial charge < -0.3 is 15.4 Å². The normalized spacial score (nSPS) is 27.2. The largest absolute Gasteiger partial charge is 0.480 e. The van der Waals surface area contributed by atoms with Crippen LogP contribution in [0.4, 0.5) is 0 Å². The van der Waals surface area contributed by atoms with Crippen LogP contribution in [0.15, 0.2) is 12.1 Å². The molecule has 1 heterocycles. The molecule has 1 aliphatic carbocycles. The molecular formula is C18H26N2O2. The Labute approximate surface area is 132 Å². The number of amides is 1. The first-order valence-electron chi connectivity index (χ1n) is 8.24. The third-order valence-corrected chi connectivity index (χ3v) is 5.26. The van der Waals surface area contributed by atoms with Gasteiger partial charge in [-0.25, -0.2) is 0 Å². The number of hydrogen-bond donors (Lipinski definition) is 1. The van der Waals surface area contributed by atoms with E-state index in [9.17, 15) is 4.79 Å². The van der Waals surface area contributed by atoms with E-state index in [2.05, 4.69) is 26.0 Å². The second kappa shape index (κ2) is 5.92. The molecule has 2 aliphatic rings. The van der Waals surface area contributed by atoms with Crippen LogP contribution in [0.1, 0.15) is 42.4 Å². The van der Waals surface area contributed by atoms with Crippen LogP contribution in [-0.2, 0) is 11.2 Å². The molecular weight excluding hydrogens is 276 g/mol. The van der Waals surface area contributed by atoms with Gasteiger partial charge in [0.1, 0.15) is 5.75 Å². The first-order chi connectivity index (χ1) is 10.5. The number of aryl methyl sites for hydroxylation is 2. The Hall–Kier alpha value is -1.55. The number of likely N-dealkylation sites (N-methyl/N-ethyl adjacent to an activating group) is 1. The SMILES string of the molecule is Cc1cc2c(cc1C)OC(C(=O)N(C)C1CCC(N)CC1)C2. The summed E-state index contributed by atoms with van der Waals surface area (Å²) in [5.74, 6) is 0.979. The van der Waals surface area contributed by atoms with Gasteiger partial charge in [0.25, 0.3) is 5.91 Å². The van der Waals surface area contributed by atoms with E-state index in [1.165, 1.54) is 11.1 Å². The van der Waals surface area contributed by atoms with Crippen molar-refractivity contribution in [2.45, 2.75) is 64.1 Å². The van der Waals surface area contributed by atoms with Crippen molar-refractivity contribution >= 4 is 5.91 Å². The van der Waals surface area contributed by atoms with E-state index in [1.54, 1.807) is 0 Å². The third kappa shape index (κ3) is 2.84. The van der Waals surface area contributed by atoms with Crippen LogP contribution in [0.5, 0.6) is 5.75 Å². The maximum atomic E-state index is 12.7. The highest BCUT2D eigenvalue weighted by atomic mass is 16.5. The van der Waals surface area contributed by atoms with Crippen molar-refractivity contribution in [3.63, 3.8) is 0 Å². The van der Waals surface area contributed by atoms with Gasteiger partial charge in [-0.2, -0.15) is 0 Å². The van der Waals surface area contributed by atoms with Crippen LogP contribution in [0.3, 0.4) is 0 Å². The lowest BCUT2D eigenvalue weighted by atomic mass is 9.90. The number of ether oxygens (including phenoxy) is 1. The van der Waals surface area contributed by atoms with Gasteiger partial charge in [-0.15, -0.1) is 0 Å². The maximum absolute atomic E-state index is 12.7. The molecule has 1 aromatic carbocycles. The summed E-state index contributed by atoms with van der Waals surface area (Å²) in [6.07, 6.45) is 4.34. The van der Waals surface area contributed by atoms with Crippen LogP contribution < -0.4 is 10.5 Å². The summed E-state index contributed by atoms with van der Waals surface area (Å²) >= 11 is 0. The molecule has 0 saturated heterocycles. The summed E-state index contributed by atoms with van der Waals surface area (Å²) in [5, 5.41) is 0. The van der Waals surface area contributed by atoms with Gasteiger partial charge in [-0.05, 0) is 62.3 Å². The van der Waals surface area contributed by atoms with Crippen LogP contribution in [0.2, 0.25) is 0 Å². The highest BCUT2D eigenvalue weighted by Crippen LogP contribution is 2.32. The molecule has 3 rings (SSSR count). The Morgan fingerprint density at radius 3 is 2.50 bits per heavy atom. The first kappa shape index (κ1) is 15.3. The van der Waals surface area contributed by atoms with Crippen molar-refractivity contribution in [1.29, 1.82) is 0 Å². The number of carbonyl (C=O) groups excluding carboxylic acids is 1. The van der Waals surface area contributed by atoms with Crippen molar-refractivity contribution in [3.05, 3.63) is 28.8 Å². The van der Waals surface area contributed by atoms with Gasteiger partial charge in [0.15, 0.2) is 6.10 Å². The highest BCUT2D eigenvalue weighted by molar-refractivity contribution is 5.82. The number of rotatable bonds is 2. The van der Waals surface area contributed by atoms with E-state index in [0.717, 1.165) is 37.0 Å². The molecule has 4 heteroatoms. The molecule has 120 valence electrons. The van der Waals surface area contributed by atoms with E-state index < -0.39 is 0 Å². The second-order valence-electron chi connectivity index (χ2n) is 6.87. The zero-order valence-electron chi connectivity index (χ0n) is 13.8. The number of benzene rings is 1. The molecule has 1 unspecified atom stereocenters. The monoisotopic (exact) mass is 302 g/mol. The van der Waals surface area contributed by atoms with Gasteiger partial charge in [0.05, 0.1) is 0 Å². The lowest BCUT2D eigenvalue weighted by Crippen LogP contribution is -2.47. The van der Waals surface area contributed by atoms with E-state index in [4.69, 9.17) is 10.5 Å². The molecule has 1 atom stereocenters. The van der Waals surface area contributed by atoms with Gasteiger partial charge >= 0.3 is 0 Å². The zero-order valence-corrected chi connectivity index (χ0v) is 13.8. The van der Waals surface area contributed by atoms with E-state index in [1.807, 2.05) is 11.9 Å². The number of nitrogens with zero attached hydrogens (tertiary/aromatic N) is 1. The van der Waals surface area contributed by atoms with Crippen molar-refractivity contribution in [2.75, 3.05) is 7.05 Å². The van der Waals surface area contributed by atoms with Crippen molar-refractivity contribution in [1.82, 2.24) is 4.90 Å². The molecule has 1 fully saturated rings. The molecule has 0 aromatic heterocycles. The maximum Gasteiger partial charge on any atom is 0.263 e. The number of hydrogen-bond acceptors (Lipinski definition) is 3. The van der Waals surface area contributed by atoms with E-state index >= 15 is 0 Å². The second-order valence-corrected chi connectivity index (χ2v) is 6.87. The fourth-order valence-electron chi connectivity index (χ4n) is 3.55. The Bertz CT molecular complexity index is 546. The molecule has 1 aliphatic heterocycles. The predicted molar refractivity (Wildman–Crippen MR) is 87.0 cm³/mol. The summed E-state index contributed by atoms with van der Waals surface area (Å²) in [6.45, 7) is 4.17. The van der Waals surface area contributed by atoms with E-state index in [-0.39, 0.29) is 12.0 Å². The standard InChI is InChI=1S/C18H26N2O2/c1-11-8-13-10-17(22-16(13)9-12(11)2)18(21)20(3)15-6-4-14(19)5-7-15/h8-9,14-15,17H,4-7,10,19H2,1-3H3. The Balaban J connectivity index is 1.67. The van der Waals surface area contributed by atoms with Crippen LogP contribution in [0, 0.1) is 13.8 Å². The summed E-state index contributed by atoms with van der Waals surface area (Å²) in [4.78, 5) is 14.6. The fourth-order valence-corrected chi connectivity index (χ4v) is 3.55. The van der Waals surface area contributed by atoms with Crippen LogP contribution in [-0.4, -0.2) is 36.0 Å². The number of fused-ring (bicyclic) bond motifs is 1. The Kier molecular flexibility index (Phi) is 4.13. The Morgan fingerprint density at radius 2 is 1.82 bits per heavy atom. The van der Waals surface area contributed by atoms with Gasteiger partial charge in [-0.1, -0.05) is 6.07 Å². The molecule has 1 saturated carbocycles. The summed E-state index contributed by atoms with van der Waals surface area (Å²) in [6, 6.07) is 4.82. The van der Waals surface area contributed by atoms with E-state index in [0.29, 0.717) is 18.5 Å². The molecule has 1 aromatic rings. The van der Waals surface area contributed by atoms with Gasteiger partial charge in [0.2, 0.25) is 0 Å². The minimum atomic E-state index is -0.364. The average molecular weight is 302 g/mol. The molecule has 0 radical (unpaired) electrons. The number of nitrogens with two attached hydrogens (primary N) is 1. The molecule has 0 bridgehead atoms. The lowest BCUT2D eigenvalue weighted by molar-refractivity contribution is -0.139. The summed E-state index contributed by atoms with van der Waals surface area (Å²) in [5.41, 5.74) is 9.57. The molecule has 1 amide bonds. The predicted octanol–water partition coefficient (Wildman–Crippen LogP) is 2.34. The minimum Gasteiger partial charge on any atom is -0.480 e. The summed E-state index contributed by atoms with van der Waals surface area (Å²) < 4.78 is 5.92. The summed E-state index contributed by atoms with van der Waals surface area (Å²) in [7, 11) is 1.91. The van der Waals surface area contributed by atoms with Crippen molar-refractivity contribution in [2.24, 2.45) is 5.73 Å². The molecule has 2 N–H and O–H groups in total. The fraction of sp³-hybridized carbons (Fsp3) is 0.611. The van der Waals surface area contributed by atoms with Crippen molar-refractivity contribution in [3.8, 4) is 5.75 Å². The van der Waals surface area contributed by atoms with Crippen LogP contribution >= 0.6 is 0 Å². The van der Waals surface area contributed by atoms with Crippen LogP contribution in [0.25, 0.3) is 0 Å². The minimum absolute atomic E-state index is 0.104. The quantitative estimate of drug-likeness (QED) is 0.912. The molecule has 22 heavy (non-hydrogen) atoms. The van der Waals surface area contributed by atoms with Gasteiger partial charge in [0, 0.05) is 25.6 Å².